The average molecular weight is 810 g/mol. The predicted molar refractivity (Wildman–Crippen MR) is 258 cm³/mol. The van der Waals surface area contributed by atoms with E-state index in [1.807, 2.05) is 35.7 Å². The lowest BCUT2D eigenvalue weighted by atomic mass is 9.92. The number of fused-ring (bicyclic) bond motifs is 6. The Balaban J connectivity index is 0.924. The third-order valence-corrected chi connectivity index (χ3v) is 13.0. The van der Waals surface area contributed by atoms with Crippen LogP contribution in [0.25, 0.3) is 121 Å². The molecule has 12 aromatic rings. The van der Waals surface area contributed by atoms with Crippen LogP contribution >= 0.6 is 11.3 Å². The van der Waals surface area contributed by atoms with Crippen molar-refractivity contribution in [1.29, 1.82) is 0 Å². The van der Waals surface area contributed by atoms with Gasteiger partial charge < -0.3 is 4.42 Å². The lowest BCUT2D eigenvalue weighted by molar-refractivity contribution is 0.670. The van der Waals surface area contributed by atoms with Gasteiger partial charge in [0.15, 0.2) is 5.82 Å². The Labute approximate surface area is 362 Å². The summed E-state index contributed by atoms with van der Waals surface area (Å²) in [5.41, 5.74) is 15.6. The Kier molecular flexibility index (Phi) is 8.65. The van der Waals surface area contributed by atoms with Gasteiger partial charge in [0.2, 0.25) is 0 Å². The highest BCUT2D eigenvalue weighted by Crippen LogP contribution is 2.46. The number of hydrogen-bond donors (Lipinski definition) is 0. The zero-order chi connectivity index (χ0) is 41.0. The fourth-order valence-corrected chi connectivity index (χ4v) is 9.91. The topological polar surface area (TPSA) is 51.8 Å². The minimum Gasteiger partial charge on any atom is -0.455 e. The summed E-state index contributed by atoms with van der Waals surface area (Å²) in [5, 5.41) is 4.77. The summed E-state index contributed by atoms with van der Waals surface area (Å²) in [5.74, 6) is 0.680. The second-order valence-corrected chi connectivity index (χ2v) is 16.6. The van der Waals surface area contributed by atoms with Crippen molar-refractivity contribution in [3.63, 3.8) is 0 Å². The number of aromatic nitrogens is 3. The van der Waals surface area contributed by atoms with Gasteiger partial charge in [0, 0.05) is 65.6 Å². The SMILES string of the molecule is c1ccc(-c2cc(-c3ccc(-c4ccc(-c5cccc6sc7ccccc7c56)c5oc6ccccc6c45)cc3)nc(-c3ccc(-c4ccc(-c5cccnc5)cc4)cc3)n2)cc1. The Morgan fingerprint density at radius 1 is 0.371 bits per heavy atom. The van der Waals surface area contributed by atoms with Crippen molar-refractivity contribution >= 4 is 53.4 Å². The molecule has 0 fully saturated rings. The summed E-state index contributed by atoms with van der Waals surface area (Å²) < 4.78 is 9.34. The lowest BCUT2D eigenvalue weighted by Gasteiger charge is -2.12. The second kappa shape index (κ2) is 14.9. The Morgan fingerprint density at radius 3 is 1.69 bits per heavy atom. The summed E-state index contributed by atoms with van der Waals surface area (Å²) in [4.78, 5) is 14.6. The molecule has 0 aliphatic carbocycles. The standard InChI is InChI=1S/C57H35N3OS/c1-2-10-40(11-3-1)49-34-50(60-57(59-49)42-29-23-37(24-30-42)36-19-21-38(22-20-36)43-12-9-33-58-35-43)41-27-25-39(26-28-41)44-31-32-46(56-55(44)47-13-4-6-16-51(47)61-56)45-15-8-18-53-54(45)48-14-5-7-17-52(48)62-53/h1-35H. The molecule has 4 aromatic heterocycles. The number of para-hydroxylation sites is 1. The van der Waals surface area contributed by atoms with Crippen molar-refractivity contribution in [3.8, 4) is 78.4 Å². The molecule has 0 radical (unpaired) electrons. The molecule has 290 valence electrons. The van der Waals surface area contributed by atoms with Gasteiger partial charge in [-0.05, 0) is 75.3 Å². The van der Waals surface area contributed by atoms with E-state index in [1.165, 1.54) is 25.7 Å². The average Bonchev–Trinajstić information content (AvgIpc) is 3.94. The zero-order valence-corrected chi connectivity index (χ0v) is 34.2. The molecule has 0 atom stereocenters. The maximum atomic E-state index is 6.78. The number of pyridine rings is 1. The molecule has 0 N–H and O–H groups in total. The van der Waals surface area contributed by atoms with Crippen LogP contribution < -0.4 is 0 Å². The predicted octanol–water partition coefficient (Wildman–Crippen LogP) is 15.8. The van der Waals surface area contributed by atoms with Crippen LogP contribution in [0.5, 0.6) is 0 Å². The van der Waals surface area contributed by atoms with Crippen LogP contribution in [-0.2, 0) is 0 Å². The van der Waals surface area contributed by atoms with Gasteiger partial charge in [-0.3, -0.25) is 4.98 Å². The third kappa shape index (κ3) is 6.26. The first-order valence-corrected chi connectivity index (χ1v) is 21.5. The second-order valence-electron chi connectivity index (χ2n) is 15.5. The number of furan rings is 1. The highest BCUT2D eigenvalue weighted by Gasteiger charge is 2.20. The Morgan fingerprint density at radius 2 is 0.952 bits per heavy atom. The largest absolute Gasteiger partial charge is 0.455 e. The van der Waals surface area contributed by atoms with Crippen molar-refractivity contribution < 1.29 is 4.42 Å². The van der Waals surface area contributed by atoms with Crippen LogP contribution in [-0.4, -0.2) is 15.0 Å². The molecular weight excluding hydrogens is 775 g/mol. The molecular formula is C57H35N3OS. The van der Waals surface area contributed by atoms with Crippen LogP contribution in [0.2, 0.25) is 0 Å². The van der Waals surface area contributed by atoms with E-state index < -0.39 is 0 Å². The minimum atomic E-state index is 0.680. The molecule has 4 heterocycles. The van der Waals surface area contributed by atoms with Gasteiger partial charge in [0.25, 0.3) is 0 Å². The van der Waals surface area contributed by atoms with Gasteiger partial charge in [-0.2, -0.15) is 0 Å². The number of rotatable bonds is 7. The Bertz CT molecular complexity index is 3590. The molecule has 0 unspecified atom stereocenters. The highest BCUT2D eigenvalue weighted by molar-refractivity contribution is 7.25. The zero-order valence-electron chi connectivity index (χ0n) is 33.4. The van der Waals surface area contributed by atoms with Crippen LogP contribution in [0.1, 0.15) is 0 Å². The summed E-state index contributed by atoms with van der Waals surface area (Å²) in [6, 6.07) is 70.5. The molecule has 4 nitrogen and oxygen atoms in total. The molecule has 0 aliphatic rings. The number of benzene rings is 8. The van der Waals surface area contributed by atoms with Gasteiger partial charge in [-0.15, -0.1) is 11.3 Å². The molecule has 5 heteroatoms. The molecule has 0 spiro atoms. The van der Waals surface area contributed by atoms with E-state index in [1.54, 1.807) is 6.20 Å². The van der Waals surface area contributed by atoms with E-state index in [0.717, 1.165) is 89.0 Å². The first kappa shape index (κ1) is 35.9. The molecule has 0 amide bonds. The van der Waals surface area contributed by atoms with Crippen molar-refractivity contribution in [2.24, 2.45) is 0 Å². The van der Waals surface area contributed by atoms with Crippen molar-refractivity contribution in [1.82, 2.24) is 15.0 Å². The normalized spacial score (nSPS) is 11.5. The number of thiophene rings is 1. The van der Waals surface area contributed by atoms with E-state index in [9.17, 15) is 0 Å². The summed E-state index contributed by atoms with van der Waals surface area (Å²) >= 11 is 1.84. The van der Waals surface area contributed by atoms with Crippen molar-refractivity contribution in [2.45, 2.75) is 0 Å². The van der Waals surface area contributed by atoms with Crippen LogP contribution in [0, 0.1) is 0 Å². The Hall–Kier alpha value is -7.99. The van der Waals surface area contributed by atoms with Crippen molar-refractivity contribution in [2.75, 3.05) is 0 Å². The van der Waals surface area contributed by atoms with Crippen molar-refractivity contribution in [3.05, 3.63) is 213 Å². The van der Waals surface area contributed by atoms with Gasteiger partial charge in [0.05, 0.1) is 11.4 Å². The van der Waals surface area contributed by atoms with E-state index in [4.69, 9.17) is 14.4 Å². The van der Waals surface area contributed by atoms with Crippen LogP contribution in [0.15, 0.2) is 217 Å². The van der Waals surface area contributed by atoms with E-state index >= 15 is 0 Å². The molecule has 62 heavy (non-hydrogen) atoms. The molecule has 0 aliphatic heterocycles. The summed E-state index contributed by atoms with van der Waals surface area (Å²) in [6.07, 6.45) is 3.69. The first-order chi connectivity index (χ1) is 30.7. The maximum absolute atomic E-state index is 6.78. The fourth-order valence-electron chi connectivity index (χ4n) is 8.78. The number of hydrogen-bond acceptors (Lipinski definition) is 5. The minimum absolute atomic E-state index is 0.680. The summed E-state index contributed by atoms with van der Waals surface area (Å²) in [6.45, 7) is 0. The molecule has 8 aromatic carbocycles. The monoisotopic (exact) mass is 809 g/mol. The first-order valence-electron chi connectivity index (χ1n) is 20.7. The molecule has 0 bridgehead atoms. The van der Waals surface area contributed by atoms with E-state index in [-0.39, 0.29) is 0 Å². The molecule has 0 saturated carbocycles. The van der Waals surface area contributed by atoms with Gasteiger partial charge >= 0.3 is 0 Å². The van der Waals surface area contributed by atoms with Crippen LogP contribution in [0.3, 0.4) is 0 Å². The van der Waals surface area contributed by atoms with Crippen LogP contribution in [0.4, 0.5) is 0 Å². The molecule has 12 rings (SSSR count). The molecule has 0 saturated heterocycles. The van der Waals surface area contributed by atoms with Gasteiger partial charge in [-0.25, -0.2) is 9.97 Å². The van der Waals surface area contributed by atoms with Gasteiger partial charge in [-0.1, -0.05) is 164 Å². The fraction of sp³-hybridized carbons (Fsp3) is 0. The summed E-state index contributed by atoms with van der Waals surface area (Å²) in [7, 11) is 0. The third-order valence-electron chi connectivity index (χ3n) is 11.9. The van der Waals surface area contributed by atoms with Gasteiger partial charge in [0.1, 0.15) is 11.2 Å². The lowest BCUT2D eigenvalue weighted by Crippen LogP contribution is -1.96. The number of nitrogens with zero attached hydrogens (tertiary/aromatic N) is 3. The highest BCUT2D eigenvalue weighted by atomic mass is 32.1. The maximum Gasteiger partial charge on any atom is 0.160 e. The van der Waals surface area contributed by atoms with E-state index in [0.29, 0.717) is 5.82 Å². The quantitative estimate of drug-likeness (QED) is 0.161. The smallest absolute Gasteiger partial charge is 0.160 e. The van der Waals surface area contributed by atoms with E-state index in [2.05, 4.69) is 187 Å².